The van der Waals surface area contributed by atoms with E-state index in [1.54, 1.807) is 6.07 Å². The Kier molecular flexibility index (Phi) is 5.34. The molecule has 2 aromatic rings. The van der Waals surface area contributed by atoms with Crippen LogP contribution in [-0.4, -0.2) is 6.54 Å². The van der Waals surface area contributed by atoms with E-state index in [9.17, 15) is 4.39 Å². The van der Waals surface area contributed by atoms with Gasteiger partial charge < -0.3 is 10.1 Å². The van der Waals surface area contributed by atoms with Crippen molar-refractivity contribution in [3.05, 3.63) is 59.4 Å². The van der Waals surface area contributed by atoms with Crippen molar-refractivity contribution in [1.82, 2.24) is 5.32 Å². The molecule has 3 heteroatoms. The molecule has 0 saturated carbocycles. The van der Waals surface area contributed by atoms with E-state index in [4.69, 9.17) is 4.74 Å². The van der Waals surface area contributed by atoms with Crippen LogP contribution in [0, 0.1) is 5.82 Å². The van der Waals surface area contributed by atoms with Crippen LogP contribution in [0.15, 0.2) is 42.5 Å². The molecule has 0 fully saturated rings. The van der Waals surface area contributed by atoms with Crippen LogP contribution < -0.4 is 10.1 Å². The van der Waals surface area contributed by atoms with E-state index in [0.717, 1.165) is 17.7 Å². The zero-order valence-corrected chi connectivity index (χ0v) is 12.8. The fraction of sp³-hybridized carbons (Fsp3) is 0.333. The first-order chi connectivity index (χ1) is 10.1. The van der Waals surface area contributed by atoms with Gasteiger partial charge in [0.15, 0.2) is 11.6 Å². The SMILES string of the molecule is CCNCc1ccc(Oc2ccccc2C(C)C)c(F)c1. The van der Waals surface area contributed by atoms with Crippen LogP contribution in [0.3, 0.4) is 0 Å². The van der Waals surface area contributed by atoms with E-state index < -0.39 is 0 Å². The molecule has 2 aromatic carbocycles. The average molecular weight is 287 g/mol. The average Bonchev–Trinajstić information content (AvgIpc) is 2.48. The second-order valence-electron chi connectivity index (χ2n) is 5.34. The van der Waals surface area contributed by atoms with Crippen LogP contribution in [0.5, 0.6) is 11.5 Å². The third kappa shape index (κ3) is 4.05. The van der Waals surface area contributed by atoms with Crippen molar-refractivity contribution in [3.8, 4) is 11.5 Å². The first-order valence-electron chi connectivity index (χ1n) is 7.37. The maximum Gasteiger partial charge on any atom is 0.166 e. The van der Waals surface area contributed by atoms with Gasteiger partial charge >= 0.3 is 0 Å². The highest BCUT2D eigenvalue weighted by molar-refractivity contribution is 5.40. The Hall–Kier alpha value is -1.87. The maximum atomic E-state index is 14.1. The Morgan fingerprint density at radius 1 is 1.10 bits per heavy atom. The van der Waals surface area contributed by atoms with Gasteiger partial charge in [0.2, 0.25) is 0 Å². The Morgan fingerprint density at radius 2 is 1.86 bits per heavy atom. The molecule has 0 aliphatic rings. The summed E-state index contributed by atoms with van der Waals surface area (Å²) in [6, 6.07) is 12.9. The predicted molar refractivity (Wildman–Crippen MR) is 84.4 cm³/mol. The number of rotatable bonds is 6. The van der Waals surface area contributed by atoms with Gasteiger partial charge in [-0.15, -0.1) is 0 Å². The second kappa shape index (κ2) is 7.23. The van der Waals surface area contributed by atoms with Gasteiger partial charge in [0.1, 0.15) is 5.75 Å². The van der Waals surface area contributed by atoms with Gasteiger partial charge in [0.25, 0.3) is 0 Å². The van der Waals surface area contributed by atoms with Gasteiger partial charge in [-0.1, -0.05) is 45.0 Å². The lowest BCUT2D eigenvalue weighted by Gasteiger charge is -2.14. The summed E-state index contributed by atoms with van der Waals surface area (Å²) in [5.74, 6) is 0.982. The van der Waals surface area contributed by atoms with Gasteiger partial charge in [-0.05, 0) is 41.8 Å². The number of ether oxygens (including phenoxy) is 1. The first kappa shape index (κ1) is 15.5. The van der Waals surface area contributed by atoms with Gasteiger partial charge in [-0.25, -0.2) is 4.39 Å². The van der Waals surface area contributed by atoms with Crippen molar-refractivity contribution < 1.29 is 9.13 Å². The molecule has 112 valence electrons. The number of para-hydroxylation sites is 1. The molecule has 2 nitrogen and oxygen atoms in total. The summed E-state index contributed by atoms with van der Waals surface area (Å²) in [7, 11) is 0. The third-order valence-electron chi connectivity index (χ3n) is 3.34. The first-order valence-corrected chi connectivity index (χ1v) is 7.37. The summed E-state index contributed by atoms with van der Waals surface area (Å²) in [5.41, 5.74) is 1.99. The van der Waals surface area contributed by atoms with Gasteiger partial charge in [0, 0.05) is 6.54 Å². The van der Waals surface area contributed by atoms with Gasteiger partial charge in [0.05, 0.1) is 0 Å². The minimum Gasteiger partial charge on any atom is -0.454 e. The van der Waals surface area contributed by atoms with E-state index in [0.29, 0.717) is 18.2 Å². The molecule has 0 radical (unpaired) electrons. The monoisotopic (exact) mass is 287 g/mol. The van der Waals surface area contributed by atoms with E-state index in [2.05, 4.69) is 19.2 Å². The molecular formula is C18H22FNO. The lowest BCUT2D eigenvalue weighted by Crippen LogP contribution is -2.11. The standard InChI is InChI=1S/C18H22FNO/c1-4-20-12-14-9-10-18(16(19)11-14)21-17-8-6-5-7-15(17)13(2)3/h5-11,13,20H,4,12H2,1-3H3. The number of hydrogen-bond acceptors (Lipinski definition) is 2. The Labute approximate surface area is 126 Å². The van der Waals surface area contributed by atoms with Crippen LogP contribution >= 0.6 is 0 Å². The molecule has 2 rings (SSSR count). The van der Waals surface area contributed by atoms with Crippen LogP contribution in [-0.2, 0) is 6.54 Å². The summed E-state index contributed by atoms with van der Waals surface area (Å²) in [6.45, 7) is 7.74. The minimum absolute atomic E-state index is 0.267. The van der Waals surface area contributed by atoms with E-state index in [-0.39, 0.29) is 11.6 Å². The predicted octanol–water partition coefficient (Wildman–Crippen LogP) is 4.85. The molecule has 0 aliphatic heterocycles. The molecule has 1 N–H and O–H groups in total. The van der Waals surface area contributed by atoms with Crippen molar-refractivity contribution in [2.45, 2.75) is 33.2 Å². The molecule has 0 bridgehead atoms. The normalized spacial score (nSPS) is 10.9. The number of nitrogens with one attached hydrogen (secondary N) is 1. The number of benzene rings is 2. The molecule has 0 unspecified atom stereocenters. The maximum absolute atomic E-state index is 14.1. The topological polar surface area (TPSA) is 21.3 Å². The van der Waals surface area contributed by atoms with Crippen molar-refractivity contribution >= 4 is 0 Å². The quantitative estimate of drug-likeness (QED) is 0.820. The zero-order valence-electron chi connectivity index (χ0n) is 12.8. The third-order valence-corrected chi connectivity index (χ3v) is 3.34. The number of halogens is 1. The van der Waals surface area contributed by atoms with Gasteiger partial charge in [-0.2, -0.15) is 0 Å². The van der Waals surface area contributed by atoms with Crippen molar-refractivity contribution in [1.29, 1.82) is 0 Å². The lowest BCUT2D eigenvalue weighted by molar-refractivity contribution is 0.435. The smallest absolute Gasteiger partial charge is 0.166 e. The lowest BCUT2D eigenvalue weighted by atomic mass is 10.0. The van der Waals surface area contributed by atoms with E-state index >= 15 is 0 Å². The Bertz CT molecular complexity index is 596. The van der Waals surface area contributed by atoms with Crippen molar-refractivity contribution in [2.75, 3.05) is 6.54 Å². The highest BCUT2D eigenvalue weighted by atomic mass is 19.1. The molecule has 0 heterocycles. The zero-order chi connectivity index (χ0) is 15.2. The molecule has 21 heavy (non-hydrogen) atoms. The van der Waals surface area contributed by atoms with Crippen LogP contribution in [0.2, 0.25) is 0 Å². The molecular weight excluding hydrogens is 265 g/mol. The summed E-state index contributed by atoms with van der Waals surface area (Å²) in [5, 5.41) is 3.18. The van der Waals surface area contributed by atoms with Crippen LogP contribution in [0.1, 0.15) is 37.8 Å². The highest BCUT2D eigenvalue weighted by Gasteiger charge is 2.11. The Balaban J connectivity index is 2.20. The molecule has 0 aliphatic carbocycles. The summed E-state index contributed by atoms with van der Waals surface area (Å²) >= 11 is 0. The second-order valence-corrected chi connectivity index (χ2v) is 5.34. The number of hydrogen-bond donors (Lipinski definition) is 1. The van der Waals surface area contributed by atoms with Crippen LogP contribution in [0.4, 0.5) is 4.39 Å². The molecule has 0 amide bonds. The van der Waals surface area contributed by atoms with Gasteiger partial charge in [-0.3, -0.25) is 0 Å². The summed E-state index contributed by atoms with van der Waals surface area (Å²) in [6.07, 6.45) is 0. The molecule has 0 aromatic heterocycles. The van der Waals surface area contributed by atoms with E-state index in [1.807, 2.05) is 37.3 Å². The summed E-state index contributed by atoms with van der Waals surface area (Å²) < 4.78 is 19.9. The largest absolute Gasteiger partial charge is 0.454 e. The van der Waals surface area contributed by atoms with E-state index in [1.165, 1.54) is 6.07 Å². The Morgan fingerprint density at radius 3 is 2.52 bits per heavy atom. The summed E-state index contributed by atoms with van der Waals surface area (Å²) in [4.78, 5) is 0. The minimum atomic E-state index is -0.330. The van der Waals surface area contributed by atoms with Crippen molar-refractivity contribution in [2.24, 2.45) is 0 Å². The fourth-order valence-electron chi connectivity index (χ4n) is 2.18. The van der Waals surface area contributed by atoms with Crippen LogP contribution in [0.25, 0.3) is 0 Å². The molecule has 0 saturated heterocycles. The fourth-order valence-corrected chi connectivity index (χ4v) is 2.18. The highest BCUT2D eigenvalue weighted by Crippen LogP contribution is 2.31. The molecule has 0 spiro atoms. The van der Waals surface area contributed by atoms with Crippen molar-refractivity contribution in [3.63, 3.8) is 0 Å². The molecule has 0 atom stereocenters.